The SMILES string of the molecule is CC(=O)Cc1ccc(S(=O)(=O)N2CCN(C(C)=O)CC2C(=O)NCc2ccc(C(F)(F)F)cc2)cc1. The number of carbonyl (C=O) groups excluding carboxylic acids is 3. The van der Waals surface area contributed by atoms with Gasteiger partial charge in [-0.05, 0) is 42.3 Å². The molecule has 12 heteroatoms. The zero-order chi connectivity index (χ0) is 26.7. The number of carbonyl (C=O) groups is 3. The van der Waals surface area contributed by atoms with Gasteiger partial charge in [0.1, 0.15) is 11.8 Å². The number of nitrogens with one attached hydrogen (secondary N) is 1. The highest BCUT2D eigenvalue weighted by Crippen LogP contribution is 2.29. The standard InChI is InChI=1S/C24H26F3N3O5S/c1-16(31)13-18-5-9-21(10-6-18)36(34,35)30-12-11-29(17(2)32)15-22(30)23(33)28-14-19-3-7-20(8-4-19)24(25,26)27/h3-10,22H,11-15H2,1-2H3,(H,28,33). The van der Waals surface area contributed by atoms with Crippen molar-refractivity contribution in [3.05, 3.63) is 65.2 Å². The summed E-state index contributed by atoms with van der Waals surface area (Å²) in [6.45, 7) is 2.42. The van der Waals surface area contributed by atoms with E-state index >= 15 is 0 Å². The predicted octanol–water partition coefficient (Wildman–Crippen LogP) is 2.37. The van der Waals surface area contributed by atoms with Crippen molar-refractivity contribution in [1.29, 1.82) is 0 Å². The molecule has 194 valence electrons. The third-order valence-electron chi connectivity index (χ3n) is 5.81. The van der Waals surface area contributed by atoms with Crippen molar-refractivity contribution in [2.24, 2.45) is 0 Å². The van der Waals surface area contributed by atoms with Gasteiger partial charge in [-0.2, -0.15) is 17.5 Å². The average Bonchev–Trinajstić information content (AvgIpc) is 2.81. The van der Waals surface area contributed by atoms with E-state index in [9.17, 15) is 36.0 Å². The van der Waals surface area contributed by atoms with E-state index in [0.717, 1.165) is 16.4 Å². The summed E-state index contributed by atoms with van der Waals surface area (Å²) < 4.78 is 66.1. The molecule has 1 atom stereocenters. The van der Waals surface area contributed by atoms with E-state index in [1.807, 2.05) is 0 Å². The van der Waals surface area contributed by atoms with Crippen LogP contribution in [0.4, 0.5) is 13.2 Å². The second-order valence-electron chi connectivity index (χ2n) is 8.53. The van der Waals surface area contributed by atoms with Crippen molar-refractivity contribution in [2.45, 2.75) is 43.9 Å². The summed E-state index contributed by atoms with van der Waals surface area (Å²) in [4.78, 5) is 37.6. The normalized spacial score (nSPS) is 17.0. The number of hydrogen-bond donors (Lipinski definition) is 1. The highest BCUT2D eigenvalue weighted by atomic mass is 32.2. The van der Waals surface area contributed by atoms with Gasteiger partial charge in [0.15, 0.2) is 0 Å². The maximum absolute atomic E-state index is 13.4. The van der Waals surface area contributed by atoms with Crippen molar-refractivity contribution in [2.75, 3.05) is 19.6 Å². The highest BCUT2D eigenvalue weighted by molar-refractivity contribution is 7.89. The van der Waals surface area contributed by atoms with Crippen LogP contribution in [-0.2, 0) is 43.5 Å². The Hall–Kier alpha value is -3.25. The number of nitrogens with zero attached hydrogens (tertiary/aromatic N) is 2. The second kappa shape index (κ2) is 10.8. The summed E-state index contributed by atoms with van der Waals surface area (Å²) in [5, 5.41) is 2.57. The van der Waals surface area contributed by atoms with Crippen LogP contribution in [0.1, 0.15) is 30.5 Å². The Labute approximate surface area is 207 Å². The van der Waals surface area contributed by atoms with Crippen LogP contribution in [-0.4, -0.2) is 60.9 Å². The first-order valence-electron chi connectivity index (χ1n) is 11.1. The zero-order valence-corrected chi connectivity index (χ0v) is 20.5. The molecule has 1 saturated heterocycles. The maximum Gasteiger partial charge on any atom is 0.416 e. The van der Waals surface area contributed by atoms with Gasteiger partial charge in [-0.3, -0.25) is 14.4 Å². The lowest BCUT2D eigenvalue weighted by Gasteiger charge is -2.39. The van der Waals surface area contributed by atoms with Gasteiger partial charge in [0.25, 0.3) is 0 Å². The van der Waals surface area contributed by atoms with Gasteiger partial charge in [-0.25, -0.2) is 8.42 Å². The molecule has 8 nitrogen and oxygen atoms in total. The van der Waals surface area contributed by atoms with Crippen LogP contribution in [0.2, 0.25) is 0 Å². The molecule has 1 aliphatic rings. The largest absolute Gasteiger partial charge is 0.416 e. The van der Waals surface area contributed by atoms with E-state index in [1.54, 1.807) is 0 Å². The van der Waals surface area contributed by atoms with Gasteiger partial charge in [-0.15, -0.1) is 0 Å². The van der Waals surface area contributed by atoms with Gasteiger partial charge in [0, 0.05) is 39.5 Å². The van der Waals surface area contributed by atoms with Gasteiger partial charge in [-0.1, -0.05) is 24.3 Å². The molecule has 2 aromatic carbocycles. The van der Waals surface area contributed by atoms with Gasteiger partial charge in [0.2, 0.25) is 21.8 Å². The summed E-state index contributed by atoms with van der Waals surface area (Å²) in [5.41, 5.74) is 0.216. The first-order chi connectivity index (χ1) is 16.8. The first-order valence-corrected chi connectivity index (χ1v) is 12.5. The first kappa shape index (κ1) is 27.3. The minimum absolute atomic E-state index is 0.0633. The lowest BCUT2D eigenvalue weighted by Crippen LogP contribution is -2.61. The van der Waals surface area contributed by atoms with E-state index in [-0.39, 0.29) is 49.2 Å². The summed E-state index contributed by atoms with van der Waals surface area (Å²) in [7, 11) is -4.13. The third-order valence-corrected chi connectivity index (χ3v) is 7.73. The molecule has 2 aromatic rings. The third kappa shape index (κ3) is 6.49. The monoisotopic (exact) mass is 525 g/mol. The summed E-state index contributed by atoms with van der Waals surface area (Å²) >= 11 is 0. The molecule has 0 radical (unpaired) electrons. The molecule has 36 heavy (non-hydrogen) atoms. The molecule has 1 fully saturated rings. The number of alkyl halides is 3. The molecule has 2 amide bonds. The van der Waals surface area contributed by atoms with Gasteiger partial charge >= 0.3 is 6.18 Å². The average molecular weight is 526 g/mol. The molecule has 0 aromatic heterocycles. The quantitative estimate of drug-likeness (QED) is 0.598. The molecular formula is C24H26F3N3O5S. The van der Waals surface area contributed by atoms with Gasteiger partial charge in [0.05, 0.1) is 10.5 Å². The van der Waals surface area contributed by atoms with E-state index < -0.39 is 33.7 Å². The number of Topliss-reactive ketones (excluding diaryl/α,β-unsaturated/α-hetero) is 1. The minimum atomic E-state index is -4.49. The van der Waals surface area contributed by atoms with Crippen molar-refractivity contribution in [3.8, 4) is 0 Å². The summed E-state index contributed by atoms with van der Waals surface area (Å²) in [6, 6.07) is 8.78. The van der Waals surface area contributed by atoms with Crippen molar-refractivity contribution >= 4 is 27.6 Å². The fourth-order valence-electron chi connectivity index (χ4n) is 3.87. The maximum atomic E-state index is 13.4. The topological polar surface area (TPSA) is 104 Å². The van der Waals surface area contributed by atoms with Crippen LogP contribution < -0.4 is 5.32 Å². The number of benzene rings is 2. The van der Waals surface area contributed by atoms with Crippen molar-refractivity contribution in [1.82, 2.24) is 14.5 Å². The number of halogens is 3. The number of ketones is 1. The fraction of sp³-hybridized carbons (Fsp3) is 0.375. The molecule has 0 bridgehead atoms. The van der Waals surface area contributed by atoms with Crippen LogP contribution >= 0.6 is 0 Å². The Bertz CT molecular complexity index is 1230. The lowest BCUT2D eigenvalue weighted by molar-refractivity contribution is -0.138. The number of piperazine rings is 1. The Morgan fingerprint density at radius 1 is 0.944 bits per heavy atom. The molecule has 1 aliphatic heterocycles. The predicted molar refractivity (Wildman–Crippen MR) is 124 cm³/mol. The molecule has 0 aliphatic carbocycles. The van der Waals surface area contributed by atoms with E-state index in [4.69, 9.17) is 0 Å². The van der Waals surface area contributed by atoms with Crippen LogP contribution in [0.25, 0.3) is 0 Å². The molecule has 1 N–H and O–H groups in total. The zero-order valence-electron chi connectivity index (χ0n) is 19.7. The fourth-order valence-corrected chi connectivity index (χ4v) is 5.44. The molecular weight excluding hydrogens is 499 g/mol. The smallest absolute Gasteiger partial charge is 0.351 e. The van der Waals surface area contributed by atoms with Crippen LogP contribution in [0.5, 0.6) is 0 Å². The Morgan fingerprint density at radius 2 is 1.53 bits per heavy atom. The second-order valence-corrected chi connectivity index (χ2v) is 10.4. The number of rotatable bonds is 7. The van der Waals surface area contributed by atoms with Crippen LogP contribution in [0, 0.1) is 0 Å². The Balaban J connectivity index is 1.80. The Kier molecular flexibility index (Phi) is 8.19. The molecule has 1 heterocycles. The molecule has 0 saturated carbocycles. The molecule has 3 rings (SSSR count). The van der Waals surface area contributed by atoms with Crippen molar-refractivity contribution < 1.29 is 36.0 Å². The molecule has 1 unspecified atom stereocenters. The number of hydrogen-bond acceptors (Lipinski definition) is 5. The number of sulfonamides is 1. The number of amides is 2. The summed E-state index contributed by atoms with van der Waals surface area (Å²) in [6.07, 6.45) is -4.33. The van der Waals surface area contributed by atoms with Crippen molar-refractivity contribution in [3.63, 3.8) is 0 Å². The highest BCUT2D eigenvalue weighted by Gasteiger charge is 2.40. The van der Waals surface area contributed by atoms with E-state index in [2.05, 4.69) is 5.32 Å². The van der Waals surface area contributed by atoms with Gasteiger partial charge < -0.3 is 10.2 Å². The van der Waals surface area contributed by atoms with E-state index in [1.165, 1.54) is 55.1 Å². The van der Waals surface area contributed by atoms with Crippen LogP contribution in [0.15, 0.2) is 53.4 Å². The van der Waals surface area contributed by atoms with Crippen LogP contribution in [0.3, 0.4) is 0 Å². The molecule has 0 spiro atoms. The Morgan fingerprint density at radius 3 is 2.06 bits per heavy atom. The lowest BCUT2D eigenvalue weighted by atomic mass is 10.1. The minimum Gasteiger partial charge on any atom is -0.351 e. The van der Waals surface area contributed by atoms with E-state index in [0.29, 0.717) is 11.1 Å². The summed E-state index contributed by atoms with van der Waals surface area (Å²) in [5.74, 6) is -1.07.